The van der Waals surface area contributed by atoms with E-state index in [-0.39, 0.29) is 0 Å². The summed E-state index contributed by atoms with van der Waals surface area (Å²) in [5, 5.41) is 11.3. The summed E-state index contributed by atoms with van der Waals surface area (Å²) >= 11 is 0. The molecule has 0 aliphatic carbocycles. The van der Waals surface area contributed by atoms with Crippen molar-refractivity contribution in [2.24, 2.45) is 5.73 Å². The average molecular weight is 221 g/mol. The van der Waals surface area contributed by atoms with Crippen LogP contribution in [-0.4, -0.2) is 47.3 Å². The third kappa shape index (κ3) is 3.15. The zero-order valence-electron chi connectivity index (χ0n) is 9.47. The van der Waals surface area contributed by atoms with Crippen LogP contribution in [0.25, 0.3) is 0 Å². The first kappa shape index (κ1) is 11.3. The van der Waals surface area contributed by atoms with E-state index in [0.717, 1.165) is 44.8 Å². The molecule has 0 spiro atoms. The second kappa shape index (κ2) is 5.77. The van der Waals surface area contributed by atoms with Gasteiger partial charge >= 0.3 is 0 Å². The Bertz CT molecular complexity index is 295. The van der Waals surface area contributed by atoms with E-state index in [1.54, 1.807) is 6.20 Å². The van der Waals surface area contributed by atoms with E-state index in [1.165, 1.54) is 0 Å². The number of nitrogens with zero attached hydrogens (tertiary/aromatic N) is 3. The van der Waals surface area contributed by atoms with Crippen molar-refractivity contribution < 1.29 is 0 Å². The molecule has 1 aliphatic rings. The molecule has 88 valence electrons. The highest BCUT2D eigenvalue weighted by molar-refractivity contribution is 5.32. The van der Waals surface area contributed by atoms with Gasteiger partial charge in [-0.3, -0.25) is 0 Å². The lowest BCUT2D eigenvalue weighted by atomic mass is 10.1. The largest absolute Gasteiger partial charge is 0.366 e. The van der Waals surface area contributed by atoms with E-state index >= 15 is 0 Å². The fraction of sp³-hybridized carbons (Fsp3) is 0.636. The normalized spacial score (nSPS) is 18.6. The van der Waals surface area contributed by atoms with Gasteiger partial charge in [0.15, 0.2) is 0 Å². The Balaban J connectivity index is 1.77. The lowest BCUT2D eigenvalue weighted by Crippen LogP contribution is -2.41. The maximum atomic E-state index is 5.54. The maximum Gasteiger partial charge on any atom is 0.148 e. The fourth-order valence-electron chi connectivity index (χ4n) is 2.07. The molecule has 0 aromatic carbocycles. The number of anilines is 1. The van der Waals surface area contributed by atoms with Crippen LogP contribution in [-0.2, 0) is 0 Å². The summed E-state index contributed by atoms with van der Waals surface area (Å²) in [4.78, 5) is 2.41. The summed E-state index contributed by atoms with van der Waals surface area (Å²) in [6.07, 6.45) is 3.99. The maximum absolute atomic E-state index is 5.54. The molecule has 1 saturated heterocycles. The highest BCUT2D eigenvalue weighted by atomic mass is 15.2. The van der Waals surface area contributed by atoms with E-state index in [1.807, 2.05) is 12.1 Å². The van der Waals surface area contributed by atoms with Gasteiger partial charge in [-0.2, -0.15) is 5.10 Å². The van der Waals surface area contributed by atoms with Gasteiger partial charge in [0.2, 0.25) is 0 Å². The second-order valence-electron chi connectivity index (χ2n) is 4.16. The first-order valence-electron chi connectivity index (χ1n) is 5.85. The van der Waals surface area contributed by atoms with Gasteiger partial charge in [0, 0.05) is 38.4 Å². The molecule has 0 atom stereocenters. The van der Waals surface area contributed by atoms with Gasteiger partial charge in [0.1, 0.15) is 5.82 Å². The van der Waals surface area contributed by atoms with Crippen molar-refractivity contribution in [3.8, 4) is 0 Å². The minimum atomic E-state index is 0.519. The highest BCUT2D eigenvalue weighted by Crippen LogP contribution is 2.13. The molecular formula is C11H19N5. The number of hydrogen-bond acceptors (Lipinski definition) is 5. The standard InChI is InChI=1S/C11H19N5/c12-5-9-16-7-3-10(4-8-16)14-11-2-1-6-13-15-11/h1-2,6,10H,3-5,7-9,12H2,(H,14,15). The fourth-order valence-corrected chi connectivity index (χ4v) is 2.07. The molecule has 0 unspecified atom stereocenters. The van der Waals surface area contributed by atoms with Crippen LogP contribution in [0.5, 0.6) is 0 Å². The lowest BCUT2D eigenvalue weighted by Gasteiger charge is -2.32. The number of nitrogens with two attached hydrogens (primary N) is 1. The molecule has 5 nitrogen and oxygen atoms in total. The van der Waals surface area contributed by atoms with E-state index in [4.69, 9.17) is 5.73 Å². The number of hydrogen-bond donors (Lipinski definition) is 2. The molecule has 0 amide bonds. The van der Waals surface area contributed by atoms with Gasteiger partial charge in [-0.25, -0.2) is 0 Å². The predicted molar refractivity (Wildman–Crippen MR) is 64.2 cm³/mol. The van der Waals surface area contributed by atoms with Crippen LogP contribution in [0, 0.1) is 0 Å². The van der Waals surface area contributed by atoms with Crippen LogP contribution in [0.1, 0.15) is 12.8 Å². The third-order valence-electron chi connectivity index (χ3n) is 2.96. The van der Waals surface area contributed by atoms with Crippen molar-refractivity contribution in [3.05, 3.63) is 18.3 Å². The number of piperidine rings is 1. The number of likely N-dealkylation sites (tertiary alicyclic amines) is 1. The Morgan fingerprint density at radius 3 is 2.88 bits per heavy atom. The molecular weight excluding hydrogens is 202 g/mol. The molecule has 16 heavy (non-hydrogen) atoms. The van der Waals surface area contributed by atoms with E-state index in [2.05, 4.69) is 20.4 Å². The number of rotatable bonds is 4. The minimum absolute atomic E-state index is 0.519. The number of aromatic nitrogens is 2. The molecule has 2 rings (SSSR count). The first-order valence-corrected chi connectivity index (χ1v) is 5.85. The van der Waals surface area contributed by atoms with E-state index in [9.17, 15) is 0 Å². The van der Waals surface area contributed by atoms with E-state index < -0.39 is 0 Å². The van der Waals surface area contributed by atoms with Crippen LogP contribution >= 0.6 is 0 Å². The van der Waals surface area contributed by atoms with Crippen molar-refractivity contribution in [2.75, 3.05) is 31.5 Å². The van der Waals surface area contributed by atoms with Crippen LogP contribution in [0.2, 0.25) is 0 Å². The molecule has 1 aliphatic heterocycles. The van der Waals surface area contributed by atoms with Gasteiger partial charge in [-0.15, -0.1) is 5.10 Å². The van der Waals surface area contributed by atoms with Crippen molar-refractivity contribution in [2.45, 2.75) is 18.9 Å². The Kier molecular flexibility index (Phi) is 4.07. The molecule has 0 bridgehead atoms. The smallest absolute Gasteiger partial charge is 0.148 e. The summed E-state index contributed by atoms with van der Waals surface area (Å²) in [5.74, 6) is 0.875. The molecule has 0 saturated carbocycles. The Hall–Kier alpha value is -1.20. The summed E-state index contributed by atoms with van der Waals surface area (Å²) in [5.41, 5.74) is 5.54. The topological polar surface area (TPSA) is 67.1 Å². The van der Waals surface area contributed by atoms with Crippen molar-refractivity contribution in [1.82, 2.24) is 15.1 Å². The average Bonchev–Trinajstić information content (AvgIpc) is 2.33. The van der Waals surface area contributed by atoms with Crippen LogP contribution in [0.4, 0.5) is 5.82 Å². The van der Waals surface area contributed by atoms with Crippen LogP contribution < -0.4 is 11.1 Å². The summed E-state index contributed by atoms with van der Waals surface area (Å²) in [6, 6.07) is 4.38. The first-order chi connectivity index (χ1) is 7.88. The van der Waals surface area contributed by atoms with Gasteiger partial charge in [-0.1, -0.05) is 0 Å². The lowest BCUT2D eigenvalue weighted by molar-refractivity contribution is 0.224. The van der Waals surface area contributed by atoms with Crippen molar-refractivity contribution >= 4 is 5.82 Å². The summed E-state index contributed by atoms with van der Waals surface area (Å²) < 4.78 is 0. The second-order valence-corrected chi connectivity index (χ2v) is 4.16. The monoisotopic (exact) mass is 221 g/mol. The molecule has 0 radical (unpaired) electrons. The molecule has 1 fully saturated rings. The third-order valence-corrected chi connectivity index (χ3v) is 2.96. The van der Waals surface area contributed by atoms with Crippen molar-refractivity contribution in [1.29, 1.82) is 0 Å². The molecule has 1 aromatic rings. The van der Waals surface area contributed by atoms with Gasteiger partial charge in [-0.05, 0) is 25.0 Å². The highest BCUT2D eigenvalue weighted by Gasteiger charge is 2.18. The molecule has 1 aromatic heterocycles. The summed E-state index contributed by atoms with van der Waals surface area (Å²) in [7, 11) is 0. The van der Waals surface area contributed by atoms with Crippen molar-refractivity contribution in [3.63, 3.8) is 0 Å². The SMILES string of the molecule is NCCN1CCC(Nc2cccnn2)CC1. The quantitative estimate of drug-likeness (QED) is 0.766. The zero-order valence-corrected chi connectivity index (χ0v) is 9.47. The molecule has 2 heterocycles. The Morgan fingerprint density at radius 2 is 2.25 bits per heavy atom. The van der Waals surface area contributed by atoms with Crippen LogP contribution in [0.3, 0.4) is 0 Å². The Labute approximate surface area is 96.0 Å². The Morgan fingerprint density at radius 1 is 1.44 bits per heavy atom. The molecule has 5 heteroatoms. The van der Waals surface area contributed by atoms with Gasteiger partial charge in [0.05, 0.1) is 0 Å². The van der Waals surface area contributed by atoms with Crippen LogP contribution in [0.15, 0.2) is 18.3 Å². The zero-order chi connectivity index (χ0) is 11.2. The molecule has 3 N–H and O–H groups in total. The predicted octanol–water partition coefficient (Wildman–Crippen LogP) is 0.312. The number of nitrogens with one attached hydrogen (secondary N) is 1. The van der Waals surface area contributed by atoms with Gasteiger partial charge < -0.3 is 16.0 Å². The van der Waals surface area contributed by atoms with E-state index in [0.29, 0.717) is 6.04 Å². The minimum Gasteiger partial charge on any atom is -0.366 e. The van der Waals surface area contributed by atoms with Gasteiger partial charge in [0.25, 0.3) is 0 Å². The summed E-state index contributed by atoms with van der Waals surface area (Å²) in [6.45, 7) is 4.00.